The summed E-state index contributed by atoms with van der Waals surface area (Å²) in [6.45, 7) is 0. The summed E-state index contributed by atoms with van der Waals surface area (Å²) in [7, 11) is 0. The van der Waals surface area contributed by atoms with Gasteiger partial charge >= 0.3 is 5.97 Å². The van der Waals surface area contributed by atoms with Crippen LogP contribution in [0.25, 0.3) is 0 Å². The first-order valence-electron chi connectivity index (χ1n) is 5.28. The van der Waals surface area contributed by atoms with Crippen LogP contribution in [0.5, 0.6) is 0 Å². The van der Waals surface area contributed by atoms with Crippen LogP contribution in [0, 0.1) is 13.7 Å². The highest BCUT2D eigenvalue weighted by Crippen LogP contribution is 2.35. The molecule has 0 bridgehead atoms. The van der Waals surface area contributed by atoms with E-state index in [0.717, 1.165) is 15.3 Å². The summed E-state index contributed by atoms with van der Waals surface area (Å²) in [5.74, 6) is -1.13. The molecule has 2 aromatic rings. The minimum atomic E-state index is -1.13. The van der Waals surface area contributed by atoms with E-state index in [1.54, 1.807) is 18.2 Å². The van der Waals surface area contributed by atoms with Crippen molar-refractivity contribution in [1.29, 1.82) is 0 Å². The highest BCUT2D eigenvalue weighted by molar-refractivity contribution is 14.1. The molecule has 6 nitrogen and oxygen atoms in total. The third-order valence-corrected chi connectivity index (χ3v) is 4.02. The van der Waals surface area contributed by atoms with Crippen molar-refractivity contribution in [2.45, 2.75) is 9.79 Å². The normalized spacial score (nSPS) is 10.2. The van der Waals surface area contributed by atoms with Crippen LogP contribution in [0.4, 0.5) is 5.69 Å². The van der Waals surface area contributed by atoms with E-state index in [1.165, 1.54) is 18.3 Å². The Morgan fingerprint density at radius 1 is 1.35 bits per heavy atom. The van der Waals surface area contributed by atoms with E-state index in [0.29, 0.717) is 9.79 Å². The Morgan fingerprint density at radius 2 is 2.10 bits per heavy atom. The van der Waals surface area contributed by atoms with Crippen LogP contribution < -0.4 is 0 Å². The first kappa shape index (κ1) is 14.7. The summed E-state index contributed by atoms with van der Waals surface area (Å²) < 4.78 is 0.764. The lowest BCUT2D eigenvalue weighted by atomic mass is 10.3. The minimum absolute atomic E-state index is 0.00409. The van der Waals surface area contributed by atoms with E-state index in [4.69, 9.17) is 5.11 Å². The van der Waals surface area contributed by atoms with Crippen LogP contribution in [0.3, 0.4) is 0 Å². The van der Waals surface area contributed by atoms with Gasteiger partial charge in [-0.3, -0.25) is 10.1 Å². The van der Waals surface area contributed by atoms with Crippen molar-refractivity contribution in [3.63, 3.8) is 0 Å². The molecule has 0 saturated carbocycles. The molecule has 1 aromatic carbocycles. The summed E-state index contributed by atoms with van der Waals surface area (Å²) >= 11 is 3.13. The molecule has 0 radical (unpaired) electrons. The summed E-state index contributed by atoms with van der Waals surface area (Å²) in [6, 6.07) is 7.87. The fourth-order valence-corrected chi connectivity index (χ4v) is 2.84. The van der Waals surface area contributed by atoms with E-state index in [2.05, 4.69) is 4.98 Å². The van der Waals surface area contributed by atoms with Gasteiger partial charge in [0.2, 0.25) is 0 Å². The van der Waals surface area contributed by atoms with Crippen molar-refractivity contribution in [2.75, 3.05) is 0 Å². The van der Waals surface area contributed by atoms with Crippen molar-refractivity contribution in [3.05, 3.63) is 55.9 Å². The van der Waals surface area contributed by atoms with Crippen molar-refractivity contribution in [1.82, 2.24) is 4.98 Å². The number of nitrogens with zero attached hydrogens (tertiary/aromatic N) is 2. The van der Waals surface area contributed by atoms with Gasteiger partial charge in [0.15, 0.2) is 0 Å². The molecule has 8 heteroatoms. The smallest absolute Gasteiger partial charge is 0.354 e. The molecular formula is C12H7IN2O4S. The molecule has 0 unspecified atom stereocenters. The van der Waals surface area contributed by atoms with Crippen LogP contribution in [0.1, 0.15) is 10.5 Å². The summed E-state index contributed by atoms with van der Waals surface area (Å²) in [5, 5.41) is 19.9. The van der Waals surface area contributed by atoms with E-state index in [1.807, 2.05) is 22.6 Å². The molecule has 0 saturated heterocycles. The van der Waals surface area contributed by atoms with Gasteiger partial charge in [0.1, 0.15) is 5.69 Å². The van der Waals surface area contributed by atoms with E-state index in [-0.39, 0.29) is 11.4 Å². The number of nitro groups is 1. The number of carboxylic acid groups (broad SMARTS) is 1. The molecule has 20 heavy (non-hydrogen) atoms. The Hall–Kier alpha value is -1.68. The van der Waals surface area contributed by atoms with Gasteiger partial charge in [0.25, 0.3) is 5.69 Å². The Balaban J connectivity index is 2.37. The third kappa shape index (κ3) is 3.45. The molecule has 1 heterocycles. The van der Waals surface area contributed by atoms with Gasteiger partial charge in [0, 0.05) is 20.7 Å². The average molecular weight is 402 g/mol. The molecule has 2 rings (SSSR count). The van der Waals surface area contributed by atoms with Gasteiger partial charge in [-0.2, -0.15) is 0 Å². The number of aromatic carboxylic acids is 1. The van der Waals surface area contributed by atoms with Gasteiger partial charge in [-0.15, -0.1) is 0 Å². The average Bonchev–Trinajstić information content (AvgIpc) is 2.41. The zero-order valence-corrected chi connectivity index (χ0v) is 12.8. The topological polar surface area (TPSA) is 93.3 Å². The van der Waals surface area contributed by atoms with Gasteiger partial charge in [-0.1, -0.05) is 11.8 Å². The molecule has 0 atom stereocenters. The first-order valence-corrected chi connectivity index (χ1v) is 7.18. The van der Waals surface area contributed by atoms with Crippen LogP contribution in [0.15, 0.2) is 46.3 Å². The molecule has 1 aromatic heterocycles. The number of nitro benzene ring substituents is 1. The summed E-state index contributed by atoms with van der Waals surface area (Å²) in [6.07, 6.45) is 1.37. The number of carbonyl (C=O) groups is 1. The second-order valence-electron chi connectivity index (χ2n) is 3.65. The van der Waals surface area contributed by atoms with Gasteiger partial charge in [-0.25, -0.2) is 9.78 Å². The molecule has 0 aliphatic heterocycles. The highest BCUT2D eigenvalue weighted by Gasteiger charge is 2.16. The maximum atomic E-state index is 11.0. The molecule has 1 N–H and O–H groups in total. The SMILES string of the molecule is O=C(O)c1cc(Sc2ccc(I)cc2[N+](=O)[O-])ccn1. The fraction of sp³-hybridized carbons (Fsp3) is 0. The zero-order valence-electron chi connectivity index (χ0n) is 9.82. The lowest BCUT2D eigenvalue weighted by Gasteiger charge is -2.04. The number of hydrogen-bond acceptors (Lipinski definition) is 5. The number of hydrogen-bond donors (Lipinski definition) is 1. The Kier molecular flexibility index (Phi) is 4.55. The Labute approximate surface area is 131 Å². The van der Waals surface area contributed by atoms with Crippen molar-refractivity contribution >= 4 is 46.0 Å². The number of carboxylic acids is 1. The van der Waals surface area contributed by atoms with E-state index < -0.39 is 10.9 Å². The summed E-state index contributed by atoms with van der Waals surface area (Å²) in [5.41, 5.74) is -0.0984. The molecule has 0 aliphatic carbocycles. The van der Waals surface area contributed by atoms with Crippen molar-refractivity contribution in [3.8, 4) is 0 Å². The molecular weight excluding hydrogens is 395 g/mol. The van der Waals surface area contributed by atoms with Crippen LogP contribution in [0.2, 0.25) is 0 Å². The van der Waals surface area contributed by atoms with Crippen LogP contribution in [-0.2, 0) is 0 Å². The minimum Gasteiger partial charge on any atom is -0.477 e. The monoisotopic (exact) mass is 402 g/mol. The Morgan fingerprint density at radius 3 is 2.75 bits per heavy atom. The molecule has 102 valence electrons. The number of rotatable bonds is 4. The van der Waals surface area contributed by atoms with Crippen LogP contribution >= 0.6 is 34.4 Å². The van der Waals surface area contributed by atoms with Crippen molar-refractivity contribution < 1.29 is 14.8 Å². The largest absolute Gasteiger partial charge is 0.477 e. The second-order valence-corrected chi connectivity index (χ2v) is 6.01. The number of halogens is 1. The predicted molar refractivity (Wildman–Crippen MR) is 81.1 cm³/mol. The lowest BCUT2D eigenvalue weighted by molar-refractivity contribution is -0.387. The maximum absolute atomic E-state index is 11.0. The number of pyridine rings is 1. The lowest BCUT2D eigenvalue weighted by Crippen LogP contribution is -1.99. The first-order chi connectivity index (χ1) is 9.47. The quantitative estimate of drug-likeness (QED) is 0.479. The standard InChI is InChI=1S/C12H7IN2O4S/c13-7-1-2-11(10(5-7)15(18)19)20-8-3-4-14-9(6-8)12(16)17/h1-6H,(H,16,17). The molecule has 0 amide bonds. The third-order valence-electron chi connectivity index (χ3n) is 2.30. The number of aromatic nitrogens is 1. The highest BCUT2D eigenvalue weighted by atomic mass is 127. The Bertz CT molecular complexity index is 693. The van der Waals surface area contributed by atoms with Crippen LogP contribution in [-0.4, -0.2) is 21.0 Å². The van der Waals surface area contributed by atoms with Gasteiger partial charge in [0.05, 0.1) is 9.82 Å². The van der Waals surface area contributed by atoms with Crippen molar-refractivity contribution in [2.24, 2.45) is 0 Å². The predicted octanol–water partition coefficient (Wildman–Crippen LogP) is 3.44. The number of benzene rings is 1. The summed E-state index contributed by atoms with van der Waals surface area (Å²) in [4.78, 5) is 26.2. The second kappa shape index (κ2) is 6.18. The maximum Gasteiger partial charge on any atom is 0.354 e. The van der Waals surface area contributed by atoms with E-state index >= 15 is 0 Å². The fourth-order valence-electron chi connectivity index (χ4n) is 1.44. The van der Waals surface area contributed by atoms with E-state index in [9.17, 15) is 14.9 Å². The molecule has 0 spiro atoms. The molecule has 0 fully saturated rings. The zero-order chi connectivity index (χ0) is 14.7. The van der Waals surface area contributed by atoms with Gasteiger partial charge in [-0.05, 0) is 46.9 Å². The van der Waals surface area contributed by atoms with Gasteiger partial charge < -0.3 is 5.11 Å². The molecule has 0 aliphatic rings.